The zero-order valence-electron chi connectivity index (χ0n) is 14.1. The maximum atomic E-state index is 2.31. The molecule has 0 aromatic heterocycles. The van der Waals surface area contributed by atoms with Crippen LogP contribution in [0.4, 0.5) is 0 Å². The summed E-state index contributed by atoms with van der Waals surface area (Å²) in [4.78, 5) is 0. The number of hydrogen-bond acceptors (Lipinski definition) is 0. The quantitative estimate of drug-likeness (QED) is 0.285. The van der Waals surface area contributed by atoms with E-state index in [1.54, 1.807) is 0 Å². The van der Waals surface area contributed by atoms with E-state index in [2.05, 4.69) is 75.4 Å². The molecular formula is C23H22. The molecule has 0 spiro atoms. The molecule has 4 aromatic carbocycles. The van der Waals surface area contributed by atoms with E-state index >= 15 is 0 Å². The first kappa shape index (κ1) is 14.3. The van der Waals surface area contributed by atoms with Gasteiger partial charge in [0.15, 0.2) is 0 Å². The van der Waals surface area contributed by atoms with Crippen LogP contribution in [0.5, 0.6) is 0 Å². The largest absolute Gasteiger partial charge is 0.0651 e. The molecule has 0 saturated carbocycles. The number of aryl methyl sites for hydroxylation is 3. The van der Waals surface area contributed by atoms with E-state index in [1.165, 1.54) is 55.4 Å². The Morgan fingerprint density at radius 3 is 2.17 bits per heavy atom. The van der Waals surface area contributed by atoms with Gasteiger partial charge in [0.05, 0.1) is 0 Å². The average molecular weight is 298 g/mol. The molecule has 0 saturated heterocycles. The molecule has 0 radical (unpaired) electrons. The summed E-state index contributed by atoms with van der Waals surface area (Å²) in [6.07, 6.45) is 2.34. The molecule has 4 aromatic rings. The van der Waals surface area contributed by atoms with Crippen molar-refractivity contribution in [3.05, 3.63) is 71.3 Å². The third-order valence-corrected chi connectivity index (χ3v) is 5.16. The average Bonchev–Trinajstić information content (AvgIpc) is 2.59. The van der Waals surface area contributed by atoms with Crippen molar-refractivity contribution in [1.82, 2.24) is 0 Å². The molecule has 0 aliphatic rings. The van der Waals surface area contributed by atoms with Crippen molar-refractivity contribution in [3.8, 4) is 0 Å². The second kappa shape index (κ2) is 5.38. The fourth-order valence-corrected chi connectivity index (χ4v) is 4.09. The highest BCUT2D eigenvalue weighted by Gasteiger charge is 2.13. The molecule has 0 unspecified atom stereocenters. The molecule has 0 bridgehead atoms. The number of benzene rings is 4. The van der Waals surface area contributed by atoms with E-state index in [0.717, 1.165) is 6.42 Å². The van der Waals surface area contributed by atoms with Crippen LogP contribution in [0.25, 0.3) is 32.3 Å². The third kappa shape index (κ3) is 2.05. The van der Waals surface area contributed by atoms with Crippen molar-refractivity contribution in [2.45, 2.75) is 33.6 Å². The van der Waals surface area contributed by atoms with Gasteiger partial charge in [0, 0.05) is 0 Å². The van der Waals surface area contributed by atoms with Gasteiger partial charge in [-0.15, -0.1) is 0 Å². The lowest BCUT2D eigenvalue weighted by Crippen LogP contribution is -1.94. The van der Waals surface area contributed by atoms with Crippen LogP contribution in [0.3, 0.4) is 0 Å². The lowest BCUT2D eigenvalue weighted by molar-refractivity contribution is 0.929. The lowest BCUT2D eigenvalue weighted by atomic mass is 9.87. The highest BCUT2D eigenvalue weighted by Crippen LogP contribution is 2.37. The molecule has 0 amide bonds. The molecule has 114 valence electrons. The van der Waals surface area contributed by atoms with Gasteiger partial charge in [-0.25, -0.2) is 0 Å². The van der Waals surface area contributed by atoms with Gasteiger partial charge >= 0.3 is 0 Å². The molecule has 23 heavy (non-hydrogen) atoms. The predicted octanol–water partition coefficient (Wildman–Crippen LogP) is 6.72. The SMILES string of the molecule is CCCc1cccc2c(C)c3c(ccc4ccccc43)c(C)c12. The predicted molar refractivity (Wildman–Crippen MR) is 102 cm³/mol. The van der Waals surface area contributed by atoms with E-state index in [0.29, 0.717) is 0 Å². The van der Waals surface area contributed by atoms with Crippen LogP contribution in [-0.4, -0.2) is 0 Å². The summed E-state index contributed by atoms with van der Waals surface area (Å²) >= 11 is 0. The van der Waals surface area contributed by atoms with E-state index in [1.807, 2.05) is 0 Å². The van der Waals surface area contributed by atoms with Gasteiger partial charge in [0.25, 0.3) is 0 Å². The summed E-state index contributed by atoms with van der Waals surface area (Å²) in [5.74, 6) is 0. The fraction of sp³-hybridized carbons (Fsp3) is 0.217. The zero-order chi connectivity index (χ0) is 16.0. The van der Waals surface area contributed by atoms with Crippen LogP contribution in [0.15, 0.2) is 54.6 Å². The van der Waals surface area contributed by atoms with Crippen LogP contribution >= 0.6 is 0 Å². The van der Waals surface area contributed by atoms with Crippen LogP contribution in [0.1, 0.15) is 30.0 Å². The molecule has 0 N–H and O–H groups in total. The summed E-state index contributed by atoms with van der Waals surface area (Å²) in [5.41, 5.74) is 4.33. The van der Waals surface area contributed by atoms with E-state index in [-0.39, 0.29) is 0 Å². The molecule has 0 fully saturated rings. The van der Waals surface area contributed by atoms with Gasteiger partial charge in [0.1, 0.15) is 0 Å². The maximum absolute atomic E-state index is 2.31. The second-order valence-corrected chi connectivity index (χ2v) is 6.55. The minimum atomic E-state index is 1.15. The lowest BCUT2D eigenvalue weighted by Gasteiger charge is -2.17. The first-order valence-corrected chi connectivity index (χ1v) is 8.54. The van der Waals surface area contributed by atoms with Gasteiger partial charge < -0.3 is 0 Å². The molecule has 0 aliphatic carbocycles. The number of hydrogen-bond donors (Lipinski definition) is 0. The third-order valence-electron chi connectivity index (χ3n) is 5.16. The minimum absolute atomic E-state index is 1.15. The zero-order valence-corrected chi connectivity index (χ0v) is 14.1. The summed E-state index contributed by atoms with van der Waals surface area (Å²) in [6.45, 7) is 6.83. The van der Waals surface area contributed by atoms with Crippen molar-refractivity contribution >= 4 is 32.3 Å². The molecule has 0 nitrogen and oxygen atoms in total. The minimum Gasteiger partial charge on any atom is -0.0651 e. The smallest absolute Gasteiger partial charge is 0.00670 e. The Labute approximate surface area is 137 Å². The Hall–Kier alpha value is -2.34. The van der Waals surface area contributed by atoms with Crippen molar-refractivity contribution in [3.63, 3.8) is 0 Å². The molecule has 0 atom stereocenters. The summed E-state index contributed by atoms with van der Waals surface area (Å²) in [6, 6.07) is 20.1. The van der Waals surface area contributed by atoms with Gasteiger partial charge in [-0.05, 0) is 69.3 Å². The van der Waals surface area contributed by atoms with Gasteiger partial charge in [-0.2, -0.15) is 0 Å². The summed E-state index contributed by atoms with van der Waals surface area (Å²) < 4.78 is 0. The van der Waals surface area contributed by atoms with Crippen LogP contribution in [0.2, 0.25) is 0 Å². The fourth-order valence-electron chi connectivity index (χ4n) is 4.09. The Morgan fingerprint density at radius 2 is 1.35 bits per heavy atom. The van der Waals surface area contributed by atoms with Crippen molar-refractivity contribution in [2.75, 3.05) is 0 Å². The highest BCUT2D eigenvalue weighted by molar-refractivity contribution is 6.16. The standard InChI is InChI=1S/C23H22/c1-4-8-18-10-7-12-19-16(3)23-20(15(2)22(18)19)14-13-17-9-5-6-11-21(17)23/h5-7,9-14H,4,8H2,1-3H3. The molecule has 0 aliphatic heterocycles. The monoisotopic (exact) mass is 298 g/mol. The highest BCUT2D eigenvalue weighted by atomic mass is 14.2. The number of rotatable bonds is 2. The first-order chi connectivity index (χ1) is 11.2. The second-order valence-electron chi connectivity index (χ2n) is 6.55. The van der Waals surface area contributed by atoms with E-state index in [9.17, 15) is 0 Å². The topological polar surface area (TPSA) is 0 Å². The van der Waals surface area contributed by atoms with Crippen LogP contribution in [-0.2, 0) is 6.42 Å². The molecular weight excluding hydrogens is 276 g/mol. The number of fused-ring (bicyclic) bond motifs is 4. The van der Waals surface area contributed by atoms with Crippen molar-refractivity contribution < 1.29 is 0 Å². The van der Waals surface area contributed by atoms with Crippen LogP contribution < -0.4 is 0 Å². The van der Waals surface area contributed by atoms with Gasteiger partial charge in [-0.1, -0.05) is 67.9 Å². The first-order valence-electron chi connectivity index (χ1n) is 8.54. The van der Waals surface area contributed by atoms with E-state index < -0.39 is 0 Å². The Morgan fingerprint density at radius 1 is 0.652 bits per heavy atom. The van der Waals surface area contributed by atoms with Gasteiger partial charge in [-0.3, -0.25) is 0 Å². The molecule has 0 heterocycles. The molecule has 4 rings (SSSR count). The summed E-state index contributed by atoms with van der Waals surface area (Å²) in [5, 5.41) is 8.39. The molecule has 0 heteroatoms. The summed E-state index contributed by atoms with van der Waals surface area (Å²) in [7, 11) is 0. The maximum Gasteiger partial charge on any atom is -0.00670 e. The Balaban J connectivity index is 2.26. The van der Waals surface area contributed by atoms with Gasteiger partial charge in [0.2, 0.25) is 0 Å². The Kier molecular flexibility index (Phi) is 3.34. The normalized spacial score (nSPS) is 11.6. The van der Waals surface area contributed by atoms with E-state index in [4.69, 9.17) is 0 Å². The van der Waals surface area contributed by atoms with Crippen molar-refractivity contribution in [2.24, 2.45) is 0 Å². The van der Waals surface area contributed by atoms with Crippen LogP contribution in [0, 0.1) is 13.8 Å². The van der Waals surface area contributed by atoms with Crippen molar-refractivity contribution in [1.29, 1.82) is 0 Å². The Bertz CT molecular complexity index is 1040.